The van der Waals surface area contributed by atoms with Crippen LogP contribution in [0.4, 0.5) is 0 Å². The zero-order valence-electron chi connectivity index (χ0n) is 13.0. The first-order valence-electron chi connectivity index (χ1n) is 6.59. The molecule has 3 rings (SSSR count). The van der Waals surface area contributed by atoms with Gasteiger partial charge in [-0.1, -0.05) is 65.4 Å². The van der Waals surface area contributed by atoms with Crippen LogP contribution >= 0.6 is 0 Å². The first kappa shape index (κ1) is 17.6. The molecule has 1 aromatic rings. The minimum Gasteiger partial charge on any atom is -0.0836 e. The Bertz CT molecular complexity index is 595. The molecule has 0 saturated carbocycles. The minimum absolute atomic E-state index is 0. The molecule has 1 atom stereocenters. The van der Waals surface area contributed by atoms with Gasteiger partial charge in [-0.3, -0.25) is 0 Å². The van der Waals surface area contributed by atoms with Gasteiger partial charge < -0.3 is 0 Å². The summed E-state index contributed by atoms with van der Waals surface area (Å²) in [5.74, 6) is 0.526. The number of fused-ring (bicyclic) bond motifs is 1. The van der Waals surface area contributed by atoms with E-state index in [-0.39, 0.29) is 37.7 Å². The molecule has 0 nitrogen and oxygen atoms in total. The number of hydrogen-bond donors (Lipinski definition) is 0. The van der Waals surface area contributed by atoms with Crippen LogP contribution in [0.1, 0.15) is 24.8 Å². The smallest absolute Gasteiger partial charge is 0.0396 e. The minimum atomic E-state index is 0. The van der Waals surface area contributed by atoms with Gasteiger partial charge in [0, 0.05) is 53.9 Å². The number of rotatable bonds is 1. The maximum atomic E-state index is 2.40. The van der Waals surface area contributed by atoms with E-state index in [1.165, 1.54) is 22.3 Å². The molecule has 0 spiro atoms. The van der Waals surface area contributed by atoms with E-state index in [2.05, 4.69) is 61.6 Å². The van der Waals surface area contributed by atoms with Crippen molar-refractivity contribution in [2.24, 2.45) is 0 Å². The third-order valence-electron chi connectivity index (χ3n) is 4.03. The molecular weight excluding hydrogens is 246 g/mol. The van der Waals surface area contributed by atoms with Gasteiger partial charge >= 0.3 is 0 Å². The molecule has 20 heavy (non-hydrogen) atoms. The van der Waals surface area contributed by atoms with E-state index in [4.69, 9.17) is 0 Å². The number of benzene rings is 1. The Morgan fingerprint density at radius 3 is 2.50 bits per heavy atom. The van der Waals surface area contributed by atoms with E-state index in [1.807, 2.05) is 0 Å². The molecule has 2 radical (unpaired) electrons. The molecule has 0 N–H and O–H groups in total. The van der Waals surface area contributed by atoms with E-state index in [9.17, 15) is 0 Å². The van der Waals surface area contributed by atoms with E-state index < -0.39 is 0 Å². The van der Waals surface area contributed by atoms with Gasteiger partial charge in [-0.15, -0.1) is 0 Å². The van der Waals surface area contributed by atoms with Crippen LogP contribution in [0, 0.1) is 0 Å². The Hall–Kier alpha value is -0.408. The van der Waals surface area contributed by atoms with Crippen LogP contribution in [-0.2, 0) is 0 Å². The molecular formula is C17H18Li2Si. The fourth-order valence-corrected chi connectivity index (χ4v) is 3.46. The molecule has 0 aromatic heterocycles. The van der Waals surface area contributed by atoms with Crippen molar-refractivity contribution in [2.45, 2.75) is 19.3 Å². The van der Waals surface area contributed by atoms with Gasteiger partial charge in [0.05, 0.1) is 0 Å². The number of hydrogen-bond acceptors (Lipinski definition) is 0. The topological polar surface area (TPSA) is 0 Å². The van der Waals surface area contributed by atoms with Crippen LogP contribution in [-0.4, -0.2) is 48.0 Å². The van der Waals surface area contributed by atoms with Crippen LogP contribution in [0.15, 0.2) is 76.6 Å². The monoisotopic (exact) mass is 264 g/mol. The Kier molecular flexibility index (Phi) is 6.67. The summed E-state index contributed by atoms with van der Waals surface area (Å²) >= 11 is 0. The Balaban J connectivity index is 0.000001000. The van der Waals surface area contributed by atoms with Crippen LogP contribution in [0.5, 0.6) is 0 Å². The maximum absolute atomic E-state index is 2.40. The SMILES string of the molecule is CC1=C([SiH3])C2=CC=CCC(c3ccccc3)C2=C1.[Li].[Li]. The predicted octanol–water partition coefficient (Wildman–Crippen LogP) is 2.47. The summed E-state index contributed by atoms with van der Waals surface area (Å²) in [6, 6.07) is 10.9. The summed E-state index contributed by atoms with van der Waals surface area (Å²) < 4.78 is 0. The summed E-state index contributed by atoms with van der Waals surface area (Å²) in [6.07, 6.45) is 10.3. The van der Waals surface area contributed by atoms with Gasteiger partial charge in [0.25, 0.3) is 0 Å². The van der Waals surface area contributed by atoms with Gasteiger partial charge in [-0.2, -0.15) is 0 Å². The molecule has 2 aliphatic carbocycles. The Labute approximate surface area is 148 Å². The molecule has 0 saturated heterocycles. The van der Waals surface area contributed by atoms with Crippen LogP contribution in [0.3, 0.4) is 0 Å². The molecule has 0 aliphatic heterocycles. The van der Waals surface area contributed by atoms with Crippen molar-refractivity contribution in [2.75, 3.05) is 0 Å². The molecule has 2 aliphatic rings. The molecule has 92 valence electrons. The quantitative estimate of drug-likeness (QED) is 0.684. The third-order valence-corrected chi connectivity index (χ3v) is 5.35. The Morgan fingerprint density at radius 2 is 1.80 bits per heavy atom. The van der Waals surface area contributed by atoms with Crippen molar-refractivity contribution in [3.63, 3.8) is 0 Å². The largest absolute Gasteiger partial charge is 0.0836 e. The third kappa shape index (κ3) is 3.25. The van der Waals surface area contributed by atoms with E-state index in [0.717, 1.165) is 16.7 Å². The average Bonchev–Trinajstić information content (AvgIpc) is 2.58. The summed E-state index contributed by atoms with van der Waals surface area (Å²) in [5, 5.41) is 1.57. The molecule has 0 amide bonds. The molecule has 1 aromatic carbocycles. The first-order chi connectivity index (χ1) is 8.77. The second-order valence-electron chi connectivity index (χ2n) is 5.12. The second kappa shape index (κ2) is 7.56. The molecule has 1 unspecified atom stereocenters. The molecule has 0 bridgehead atoms. The van der Waals surface area contributed by atoms with Crippen molar-refractivity contribution in [3.05, 3.63) is 82.1 Å². The van der Waals surface area contributed by atoms with Crippen molar-refractivity contribution in [1.29, 1.82) is 0 Å². The van der Waals surface area contributed by atoms with Crippen LogP contribution < -0.4 is 0 Å². The van der Waals surface area contributed by atoms with Crippen LogP contribution in [0.2, 0.25) is 0 Å². The van der Waals surface area contributed by atoms with Gasteiger partial charge in [0.2, 0.25) is 0 Å². The van der Waals surface area contributed by atoms with Crippen molar-refractivity contribution >= 4 is 48.0 Å². The summed E-state index contributed by atoms with van der Waals surface area (Å²) in [7, 11) is 1.13. The first-order valence-corrected chi connectivity index (χ1v) is 7.59. The van der Waals surface area contributed by atoms with Gasteiger partial charge in [-0.05, 0) is 30.1 Å². The van der Waals surface area contributed by atoms with Gasteiger partial charge in [-0.25, -0.2) is 0 Å². The number of allylic oxidation sites excluding steroid dienone is 8. The summed E-state index contributed by atoms with van der Waals surface area (Å²) in [4.78, 5) is 0. The van der Waals surface area contributed by atoms with E-state index in [1.54, 1.807) is 5.20 Å². The fraction of sp³-hybridized carbons (Fsp3) is 0.176. The standard InChI is InChI=1S/C17H18Si.2Li/c1-12-11-16-14(13-7-3-2-4-8-13)9-5-6-10-15(16)17(12)18;;/h2-8,10-11,14H,9H2,1,18H3;;. The van der Waals surface area contributed by atoms with Gasteiger partial charge in [0.15, 0.2) is 0 Å². The zero-order valence-corrected chi connectivity index (χ0v) is 15.0. The Morgan fingerprint density at radius 1 is 1.10 bits per heavy atom. The molecule has 0 fully saturated rings. The maximum Gasteiger partial charge on any atom is 0.0396 e. The average molecular weight is 264 g/mol. The van der Waals surface area contributed by atoms with Crippen molar-refractivity contribution in [1.82, 2.24) is 0 Å². The summed E-state index contributed by atoms with van der Waals surface area (Å²) in [5.41, 5.74) is 5.92. The van der Waals surface area contributed by atoms with Crippen molar-refractivity contribution < 1.29 is 0 Å². The molecule has 0 heterocycles. The van der Waals surface area contributed by atoms with E-state index >= 15 is 0 Å². The molecule has 3 heteroatoms. The zero-order chi connectivity index (χ0) is 12.5. The fourth-order valence-electron chi connectivity index (χ4n) is 2.86. The predicted molar refractivity (Wildman–Crippen MR) is 93.3 cm³/mol. The van der Waals surface area contributed by atoms with Crippen molar-refractivity contribution in [3.8, 4) is 0 Å². The van der Waals surface area contributed by atoms with E-state index in [0.29, 0.717) is 5.92 Å². The van der Waals surface area contributed by atoms with Crippen LogP contribution in [0.25, 0.3) is 0 Å². The van der Waals surface area contributed by atoms with Gasteiger partial charge in [0.1, 0.15) is 0 Å². The second-order valence-corrected chi connectivity index (χ2v) is 6.12. The summed E-state index contributed by atoms with van der Waals surface area (Å²) in [6.45, 7) is 2.25. The normalized spacial score (nSPS) is 20.4.